The molecule has 2 heterocycles. The zero-order valence-electron chi connectivity index (χ0n) is 18.9. The first kappa shape index (κ1) is 23.6. The molecule has 1 aromatic carbocycles. The van der Waals surface area contributed by atoms with Crippen LogP contribution in [0.1, 0.15) is 50.1 Å². The Morgan fingerprint density at radius 2 is 1.94 bits per heavy atom. The number of hydrogen-bond acceptors (Lipinski definition) is 4. The minimum atomic E-state index is -1.18. The highest BCUT2D eigenvalue weighted by molar-refractivity contribution is 5.25. The standard InChI is InChI=1S/C23H34F2N4O2/c1-5-21-11-22(31-15-19-9-7-6-8-18(19)12-24)10-16(2)28(21)13-20(25)14-29-23(30)27(4)17(3)26-29/h6-9,16,20-22H,5,10-15H2,1-4H3/t16?,20-,21?,22?/m0/s1. The van der Waals surface area contributed by atoms with Gasteiger partial charge in [-0.1, -0.05) is 31.2 Å². The van der Waals surface area contributed by atoms with Gasteiger partial charge in [0.05, 0.1) is 19.3 Å². The molecule has 0 radical (unpaired) electrons. The van der Waals surface area contributed by atoms with Gasteiger partial charge < -0.3 is 4.74 Å². The molecule has 8 heteroatoms. The van der Waals surface area contributed by atoms with Crippen LogP contribution in [0.2, 0.25) is 0 Å². The van der Waals surface area contributed by atoms with Crippen LogP contribution in [0.5, 0.6) is 0 Å². The number of likely N-dealkylation sites (tertiary alicyclic amines) is 1. The van der Waals surface area contributed by atoms with Gasteiger partial charge in [-0.2, -0.15) is 5.10 Å². The van der Waals surface area contributed by atoms with Crippen molar-refractivity contribution in [1.29, 1.82) is 0 Å². The van der Waals surface area contributed by atoms with Crippen LogP contribution < -0.4 is 5.69 Å². The number of alkyl halides is 2. The minimum Gasteiger partial charge on any atom is -0.373 e. The molecule has 0 spiro atoms. The lowest BCUT2D eigenvalue weighted by Crippen LogP contribution is -2.52. The van der Waals surface area contributed by atoms with Crippen molar-refractivity contribution in [2.24, 2.45) is 7.05 Å². The van der Waals surface area contributed by atoms with Gasteiger partial charge in [0.25, 0.3) is 0 Å². The maximum atomic E-state index is 14.9. The van der Waals surface area contributed by atoms with Crippen LogP contribution in [-0.2, 0) is 31.6 Å². The molecule has 172 valence electrons. The summed E-state index contributed by atoms with van der Waals surface area (Å²) in [6, 6.07) is 7.77. The fraction of sp³-hybridized carbons (Fsp3) is 0.652. The number of hydrogen-bond donors (Lipinski definition) is 0. The number of ether oxygens (including phenoxy) is 1. The lowest BCUT2D eigenvalue weighted by atomic mass is 9.91. The van der Waals surface area contributed by atoms with E-state index in [1.807, 2.05) is 18.2 Å². The molecule has 1 fully saturated rings. The highest BCUT2D eigenvalue weighted by atomic mass is 19.1. The van der Waals surface area contributed by atoms with Gasteiger partial charge in [-0.25, -0.2) is 18.3 Å². The molecule has 0 saturated carbocycles. The van der Waals surface area contributed by atoms with Crippen LogP contribution in [0, 0.1) is 6.92 Å². The first-order valence-electron chi connectivity index (χ1n) is 11.1. The van der Waals surface area contributed by atoms with E-state index in [9.17, 15) is 13.6 Å². The van der Waals surface area contributed by atoms with Gasteiger partial charge in [0.15, 0.2) is 0 Å². The van der Waals surface area contributed by atoms with E-state index < -0.39 is 12.8 Å². The zero-order chi connectivity index (χ0) is 22.5. The van der Waals surface area contributed by atoms with Crippen molar-refractivity contribution in [2.45, 2.75) is 84.2 Å². The Bertz CT molecular complexity index is 913. The summed E-state index contributed by atoms with van der Waals surface area (Å²) in [5.74, 6) is 0.573. The molecule has 4 atom stereocenters. The second-order valence-corrected chi connectivity index (χ2v) is 8.58. The summed E-state index contributed by atoms with van der Waals surface area (Å²) in [5.41, 5.74) is 1.26. The smallest absolute Gasteiger partial charge is 0.345 e. The van der Waals surface area contributed by atoms with Gasteiger partial charge in [-0.05, 0) is 44.2 Å². The number of aromatic nitrogens is 3. The van der Waals surface area contributed by atoms with Gasteiger partial charge in [0.1, 0.15) is 18.7 Å². The lowest BCUT2D eigenvalue weighted by molar-refractivity contribution is -0.0529. The van der Waals surface area contributed by atoms with Gasteiger partial charge in [-0.15, -0.1) is 0 Å². The molecule has 1 saturated heterocycles. The number of halogens is 2. The molecule has 31 heavy (non-hydrogen) atoms. The number of rotatable bonds is 9. The molecule has 0 bridgehead atoms. The Labute approximate surface area is 182 Å². The van der Waals surface area contributed by atoms with Crippen molar-refractivity contribution in [3.8, 4) is 0 Å². The first-order chi connectivity index (χ1) is 14.8. The van der Waals surface area contributed by atoms with Crippen LogP contribution in [0.15, 0.2) is 29.1 Å². The normalized spacial score (nSPS) is 23.2. The molecule has 3 unspecified atom stereocenters. The Morgan fingerprint density at radius 3 is 2.55 bits per heavy atom. The number of nitrogens with zero attached hydrogens (tertiary/aromatic N) is 4. The number of piperidine rings is 1. The summed E-state index contributed by atoms with van der Waals surface area (Å²) in [5, 5.41) is 4.14. The van der Waals surface area contributed by atoms with Crippen molar-refractivity contribution in [3.05, 3.63) is 51.7 Å². The molecule has 1 aliphatic rings. The van der Waals surface area contributed by atoms with Crippen LogP contribution >= 0.6 is 0 Å². The van der Waals surface area contributed by atoms with E-state index in [-0.39, 0.29) is 37.0 Å². The largest absolute Gasteiger partial charge is 0.373 e. The van der Waals surface area contributed by atoms with E-state index in [2.05, 4.69) is 23.8 Å². The molecule has 2 aromatic rings. The van der Waals surface area contributed by atoms with Crippen molar-refractivity contribution in [1.82, 2.24) is 19.2 Å². The molecule has 0 aliphatic carbocycles. The molecular formula is C23H34F2N4O2. The minimum absolute atomic E-state index is 0.0416. The average molecular weight is 437 g/mol. The molecule has 6 nitrogen and oxygen atoms in total. The summed E-state index contributed by atoms with van der Waals surface area (Å²) in [7, 11) is 1.64. The predicted molar refractivity (Wildman–Crippen MR) is 116 cm³/mol. The topological polar surface area (TPSA) is 52.3 Å². The second kappa shape index (κ2) is 10.5. The third-order valence-corrected chi connectivity index (χ3v) is 6.42. The fourth-order valence-corrected chi connectivity index (χ4v) is 4.50. The maximum Gasteiger partial charge on any atom is 0.345 e. The second-order valence-electron chi connectivity index (χ2n) is 8.58. The zero-order valence-corrected chi connectivity index (χ0v) is 18.9. The van der Waals surface area contributed by atoms with Crippen LogP contribution in [0.25, 0.3) is 0 Å². The van der Waals surface area contributed by atoms with Crippen molar-refractivity contribution < 1.29 is 13.5 Å². The van der Waals surface area contributed by atoms with Crippen molar-refractivity contribution in [3.63, 3.8) is 0 Å². The SMILES string of the molecule is CCC1CC(OCc2ccccc2CF)CC(C)N1C[C@H](F)Cn1nc(C)n(C)c1=O. The van der Waals surface area contributed by atoms with Gasteiger partial charge in [0.2, 0.25) is 0 Å². The van der Waals surface area contributed by atoms with Crippen LogP contribution in [-0.4, -0.2) is 50.2 Å². The van der Waals surface area contributed by atoms with Gasteiger partial charge in [0, 0.05) is 25.7 Å². The first-order valence-corrected chi connectivity index (χ1v) is 11.1. The Morgan fingerprint density at radius 1 is 1.23 bits per heavy atom. The molecule has 3 rings (SSSR count). The van der Waals surface area contributed by atoms with Crippen molar-refractivity contribution in [2.75, 3.05) is 6.54 Å². The van der Waals surface area contributed by atoms with E-state index in [1.54, 1.807) is 20.0 Å². The molecule has 0 amide bonds. The molecule has 0 N–H and O–H groups in total. The van der Waals surface area contributed by atoms with Crippen molar-refractivity contribution >= 4 is 0 Å². The number of aryl methyl sites for hydroxylation is 1. The lowest BCUT2D eigenvalue weighted by Gasteiger charge is -2.44. The highest BCUT2D eigenvalue weighted by Gasteiger charge is 2.34. The Kier molecular flexibility index (Phi) is 8.00. The molecule has 1 aliphatic heterocycles. The summed E-state index contributed by atoms with van der Waals surface area (Å²) >= 11 is 0. The summed E-state index contributed by atoms with van der Waals surface area (Å²) in [4.78, 5) is 14.3. The third kappa shape index (κ3) is 5.60. The van der Waals surface area contributed by atoms with Crippen LogP contribution in [0.4, 0.5) is 8.78 Å². The molecule has 1 aromatic heterocycles. The van der Waals surface area contributed by atoms with Gasteiger partial charge >= 0.3 is 5.69 Å². The van der Waals surface area contributed by atoms with E-state index in [4.69, 9.17) is 4.74 Å². The summed E-state index contributed by atoms with van der Waals surface area (Å²) in [6.45, 7) is 6.04. The third-order valence-electron chi connectivity index (χ3n) is 6.42. The fourth-order valence-electron chi connectivity index (χ4n) is 4.50. The Hall–Kier alpha value is -2.06. The van der Waals surface area contributed by atoms with E-state index >= 15 is 0 Å². The van der Waals surface area contributed by atoms with E-state index in [0.29, 0.717) is 18.0 Å². The highest BCUT2D eigenvalue weighted by Crippen LogP contribution is 2.28. The summed E-state index contributed by atoms with van der Waals surface area (Å²) in [6.07, 6.45) is 1.37. The summed E-state index contributed by atoms with van der Waals surface area (Å²) < 4.78 is 36.9. The molecular weight excluding hydrogens is 402 g/mol. The monoisotopic (exact) mass is 436 g/mol. The predicted octanol–water partition coefficient (Wildman–Crippen LogP) is 3.55. The van der Waals surface area contributed by atoms with Gasteiger partial charge in [-0.3, -0.25) is 9.47 Å². The maximum absolute atomic E-state index is 14.9. The van der Waals surface area contributed by atoms with E-state index in [0.717, 1.165) is 24.8 Å². The van der Waals surface area contributed by atoms with Crippen LogP contribution in [0.3, 0.4) is 0 Å². The Balaban J connectivity index is 1.58. The average Bonchev–Trinajstić information content (AvgIpc) is 3.00. The van der Waals surface area contributed by atoms with E-state index in [1.165, 1.54) is 9.25 Å². The number of benzene rings is 1. The quantitative estimate of drug-likeness (QED) is 0.603.